The van der Waals surface area contributed by atoms with E-state index in [1.165, 1.54) is 0 Å². The molecule has 1 N–H and O–H groups in total. The van der Waals surface area contributed by atoms with Crippen molar-refractivity contribution >= 4 is 23.1 Å². The highest BCUT2D eigenvalue weighted by Gasteiger charge is 2.31. The van der Waals surface area contributed by atoms with Gasteiger partial charge in [-0.25, -0.2) is 0 Å². The topological polar surface area (TPSA) is 54.6 Å². The van der Waals surface area contributed by atoms with E-state index in [1.807, 2.05) is 6.07 Å². The Morgan fingerprint density at radius 1 is 1.32 bits per heavy atom. The Balaban J connectivity index is 1.89. The zero-order valence-corrected chi connectivity index (χ0v) is 10.7. The third-order valence-electron chi connectivity index (χ3n) is 3.05. The zero-order chi connectivity index (χ0) is 13.2. The minimum absolute atomic E-state index is 0.108. The van der Waals surface area contributed by atoms with E-state index in [-0.39, 0.29) is 11.7 Å². The van der Waals surface area contributed by atoms with Crippen LogP contribution < -0.4 is 5.43 Å². The van der Waals surface area contributed by atoms with Crippen LogP contribution in [0.3, 0.4) is 0 Å². The quantitative estimate of drug-likeness (QED) is 0.876. The maximum absolute atomic E-state index is 12.4. The van der Waals surface area contributed by atoms with Crippen molar-refractivity contribution in [1.82, 2.24) is 5.43 Å². The van der Waals surface area contributed by atoms with Gasteiger partial charge in [0.25, 0.3) is 0 Å². The first-order valence-electron chi connectivity index (χ1n) is 5.90. The molecule has 1 aliphatic heterocycles. The van der Waals surface area contributed by atoms with Gasteiger partial charge in [0.1, 0.15) is 11.5 Å². The van der Waals surface area contributed by atoms with Crippen LogP contribution in [0.2, 0.25) is 5.02 Å². The summed E-state index contributed by atoms with van der Waals surface area (Å²) in [4.78, 5) is 12.4. The fraction of sp³-hybridized carbons (Fsp3) is 0.143. The van der Waals surface area contributed by atoms with Crippen molar-refractivity contribution in [3.05, 3.63) is 59.0 Å². The molecule has 4 nitrogen and oxygen atoms in total. The van der Waals surface area contributed by atoms with E-state index >= 15 is 0 Å². The minimum Gasteiger partial charge on any atom is -0.469 e. The van der Waals surface area contributed by atoms with Crippen molar-refractivity contribution in [2.75, 3.05) is 6.54 Å². The van der Waals surface area contributed by atoms with Crippen LogP contribution in [0.4, 0.5) is 0 Å². The second kappa shape index (κ2) is 4.90. The summed E-state index contributed by atoms with van der Waals surface area (Å²) in [7, 11) is 0. The predicted molar refractivity (Wildman–Crippen MR) is 72.7 cm³/mol. The van der Waals surface area contributed by atoms with E-state index in [0.717, 1.165) is 5.76 Å². The number of hydrazone groups is 1. The Morgan fingerprint density at radius 2 is 2.11 bits per heavy atom. The van der Waals surface area contributed by atoms with E-state index in [1.54, 1.807) is 36.6 Å². The van der Waals surface area contributed by atoms with E-state index in [2.05, 4.69) is 10.5 Å². The second-order valence-corrected chi connectivity index (χ2v) is 4.70. The van der Waals surface area contributed by atoms with Crippen LogP contribution in [-0.4, -0.2) is 18.0 Å². The molecule has 2 aromatic rings. The highest BCUT2D eigenvalue weighted by atomic mass is 35.5. The summed E-state index contributed by atoms with van der Waals surface area (Å²) in [5.41, 5.74) is 3.90. The van der Waals surface area contributed by atoms with Crippen molar-refractivity contribution < 1.29 is 9.21 Å². The van der Waals surface area contributed by atoms with Gasteiger partial charge in [0.2, 0.25) is 5.78 Å². The molecule has 0 spiro atoms. The first-order chi connectivity index (χ1) is 9.25. The lowest BCUT2D eigenvalue weighted by molar-refractivity contribution is 0.106. The van der Waals surface area contributed by atoms with Gasteiger partial charge in [-0.05, 0) is 36.4 Å². The molecule has 0 saturated heterocycles. The van der Waals surface area contributed by atoms with E-state index in [9.17, 15) is 4.79 Å². The number of rotatable bonds is 3. The Labute approximate surface area is 115 Å². The largest absolute Gasteiger partial charge is 0.469 e. The SMILES string of the molecule is O=C(C1=NNC[C@@H]1c1ccco1)c1ccc(Cl)cc1. The number of benzene rings is 1. The van der Waals surface area contributed by atoms with Crippen molar-refractivity contribution in [1.29, 1.82) is 0 Å². The molecule has 5 heteroatoms. The Kier molecular flexibility index (Phi) is 3.09. The van der Waals surface area contributed by atoms with Gasteiger partial charge < -0.3 is 9.84 Å². The van der Waals surface area contributed by atoms with Crippen LogP contribution in [0.25, 0.3) is 0 Å². The maximum atomic E-state index is 12.4. The molecule has 96 valence electrons. The van der Waals surface area contributed by atoms with Gasteiger partial charge in [0.15, 0.2) is 0 Å². The fourth-order valence-corrected chi connectivity index (χ4v) is 2.21. The van der Waals surface area contributed by atoms with Crippen molar-refractivity contribution in [2.24, 2.45) is 5.10 Å². The van der Waals surface area contributed by atoms with Crippen molar-refractivity contribution in [3.63, 3.8) is 0 Å². The van der Waals surface area contributed by atoms with Crippen LogP contribution in [0.1, 0.15) is 22.0 Å². The molecule has 0 fully saturated rings. The summed E-state index contributed by atoms with van der Waals surface area (Å²) < 4.78 is 5.36. The summed E-state index contributed by atoms with van der Waals surface area (Å²) in [6.07, 6.45) is 1.60. The summed E-state index contributed by atoms with van der Waals surface area (Å²) in [5, 5.41) is 4.70. The standard InChI is InChI=1S/C14H11ClN2O2/c15-10-5-3-9(4-6-10)14(18)13-11(8-16-17-13)12-2-1-7-19-12/h1-7,11,16H,8H2/t11-/m1/s1. The molecule has 3 rings (SSSR count). The first kappa shape index (κ1) is 12.0. The number of carbonyl (C=O) groups excluding carboxylic acids is 1. The molecule has 2 heterocycles. The Hall–Kier alpha value is -2.07. The highest BCUT2D eigenvalue weighted by molar-refractivity contribution is 6.48. The maximum Gasteiger partial charge on any atom is 0.209 e. The molecule has 0 saturated carbocycles. The number of carbonyl (C=O) groups is 1. The van der Waals surface area contributed by atoms with Crippen LogP contribution in [0.5, 0.6) is 0 Å². The van der Waals surface area contributed by atoms with E-state index < -0.39 is 0 Å². The molecule has 1 atom stereocenters. The molecule has 0 aliphatic carbocycles. The molecular formula is C14H11ClN2O2. The van der Waals surface area contributed by atoms with Crippen LogP contribution in [-0.2, 0) is 0 Å². The molecule has 0 radical (unpaired) electrons. The molecule has 1 aromatic heterocycles. The number of nitrogens with zero attached hydrogens (tertiary/aromatic N) is 1. The molecule has 1 aliphatic rings. The predicted octanol–water partition coefficient (Wildman–Crippen LogP) is 2.86. The highest BCUT2D eigenvalue weighted by Crippen LogP contribution is 2.23. The number of hydrogen-bond donors (Lipinski definition) is 1. The van der Waals surface area contributed by atoms with E-state index in [4.69, 9.17) is 16.0 Å². The Morgan fingerprint density at radius 3 is 2.79 bits per heavy atom. The molecule has 19 heavy (non-hydrogen) atoms. The molecule has 0 unspecified atom stereocenters. The zero-order valence-electron chi connectivity index (χ0n) is 9.97. The van der Waals surface area contributed by atoms with Crippen LogP contribution in [0.15, 0.2) is 52.2 Å². The summed E-state index contributed by atoms with van der Waals surface area (Å²) in [6.45, 7) is 0.572. The van der Waals surface area contributed by atoms with E-state index in [0.29, 0.717) is 22.8 Å². The second-order valence-electron chi connectivity index (χ2n) is 4.26. The monoisotopic (exact) mass is 274 g/mol. The van der Waals surface area contributed by atoms with Crippen LogP contribution >= 0.6 is 11.6 Å². The number of Topliss-reactive ketones (excluding diaryl/α,β-unsaturated/α-hetero) is 1. The molecule has 0 bridgehead atoms. The lowest BCUT2D eigenvalue weighted by atomic mass is 9.94. The van der Waals surface area contributed by atoms with Gasteiger partial charge in [-0.15, -0.1) is 0 Å². The van der Waals surface area contributed by atoms with Crippen LogP contribution in [0, 0.1) is 0 Å². The summed E-state index contributed by atoms with van der Waals surface area (Å²) in [6, 6.07) is 10.4. The van der Waals surface area contributed by atoms with Gasteiger partial charge in [0.05, 0.1) is 12.2 Å². The average Bonchev–Trinajstić information content (AvgIpc) is 3.09. The van der Waals surface area contributed by atoms with Crippen molar-refractivity contribution in [2.45, 2.75) is 5.92 Å². The van der Waals surface area contributed by atoms with Gasteiger partial charge in [-0.3, -0.25) is 4.79 Å². The molecule has 0 amide bonds. The molecule has 1 aromatic carbocycles. The third kappa shape index (κ3) is 2.27. The lowest BCUT2D eigenvalue weighted by Crippen LogP contribution is -2.21. The fourth-order valence-electron chi connectivity index (χ4n) is 2.08. The normalized spacial score (nSPS) is 17.9. The number of hydrogen-bond acceptors (Lipinski definition) is 4. The first-order valence-corrected chi connectivity index (χ1v) is 6.27. The van der Waals surface area contributed by atoms with Gasteiger partial charge in [0, 0.05) is 17.1 Å². The summed E-state index contributed by atoms with van der Waals surface area (Å²) in [5.74, 6) is 0.493. The number of halogens is 1. The number of nitrogens with one attached hydrogen (secondary N) is 1. The van der Waals surface area contributed by atoms with Crippen molar-refractivity contribution in [3.8, 4) is 0 Å². The lowest BCUT2D eigenvalue weighted by Gasteiger charge is -2.08. The number of ketones is 1. The Bertz CT molecular complexity index is 617. The average molecular weight is 275 g/mol. The summed E-state index contributed by atoms with van der Waals surface area (Å²) >= 11 is 5.82. The van der Waals surface area contributed by atoms with Gasteiger partial charge in [-0.2, -0.15) is 5.10 Å². The minimum atomic E-state index is -0.141. The smallest absolute Gasteiger partial charge is 0.209 e. The third-order valence-corrected chi connectivity index (χ3v) is 3.30. The molecular weight excluding hydrogens is 264 g/mol. The van der Waals surface area contributed by atoms with Gasteiger partial charge >= 0.3 is 0 Å². The van der Waals surface area contributed by atoms with Gasteiger partial charge in [-0.1, -0.05) is 11.6 Å². The number of furan rings is 1.